The molecule has 0 aromatic heterocycles. The first-order valence-electron chi connectivity index (χ1n) is 5.94. The summed E-state index contributed by atoms with van der Waals surface area (Å²) in [5.41, 5.74) is 6.78. The summed E-state index contributed by atoms with van der Waals surface area (Å²) in [6.07, 6.45) is 1.23. The van der Waals surface area contributed by atoms with E-state index >= 15 is 0 Å². The van der Waals surface area contributed by atoms with Crippen LogP contribution in [0.4, 0.5) is 4.39 Å². The molecule has 0 radical (unpaired) electrons. The maximum absolute atomic E-state index is 13.2. The molecule has 1 heterocycles. The Hall–Kier alpha value is -1.42. The van der Waals surface area contributed by atoms with Crippen LogP contribution in [0.3, 0.4) is 0 Å². The molecule has 4 heteroatoms. The lowest BCUT2D eigenvalue weighted by Crippen LogP contribution is -2.33. The number of hydrogen-bond donors (Lipinski definition) is 1. The molecule has 2 N–H and O–H groups in total. The van der Waals surface area contributed by atoms with Gasteiger partial charge in [-0.1, -0.05) is 19.1 Å². The van der Waals surface area contributed by atoms with Gasteiger partial charge in [-0.05, 0) is 24.1 Å². The zero-order valence-corrected chi connectivity index (χ0v) is 9.90. The highest BCUT2D eigenvalue weighted by Gasteiger charge is 2.37. The average Bonchev–Trinajstić information content (AvgIpc) is 2.54. The molecular weight excluding hydrogens is 219 g/mol. The van der Waals surface area contributed by atoms with E-state index in [2.05, 4.69) is 0 Å². The molecular formula is C13H17FN2O. The van der Waals surface area contributed by atoms with E-state index in [1.165, 1.54) is 12.1 Å². The van der Waals surface area contributed by atoms with Gasteiger partial charge in [0.2, 0.25) is 5.91 Å². The highest BCUT2D eigenvalue weighted by Crippen LogP contribution is 2.32. The van der Waals surface area contributed by atoms with Crippen molar-refractivity contribution in [2.75, 3.05) is 6.54 Å². The molecule has 0 spiro atoms. The van der Waals surface area contributed by atoms with Gasteiger partial charge in [0.15, 0.2) is 0 Å². The number of nitrogens with two attached hydrogens (primary N) is 1. The molecule has 1 aromatic carbocycles. The molecule has 3 nitrogen and oxygen atoms in total. The van der Waals surface area contributed by atoms with E-state index in [0.717, 1.165) is 12.0 Å². The van der Waals surface area contributed by atoms with Crippen molar-refractivity contribution >= 4 is 5.91 Å². The Labute approximate surface area is 100 Å². The van der Waals surface area contributed by atoms with Gasteiger partial charge in [0.1, 0.15) is 5.82 Å². The van der Waals surface area contributed by atoms with E-state index in [1.54, 1.807) is 11.0 Å². The Morgan fingerprint density at radius 1 is 1.53 bits per heavy atom. The van der Waals surface area contributed by atoms with E-state index in [-0.39, 0.29) is 23.8 Å². The van der Waals surface area contributed by atoms with Crippen LogP contribution in [0, 0.1) is 5.82 Å². The Balaban J connectivity index is 2.31. The maximum Gasteiger partial charge on any atom is 0.224 e. The van der Waals surface area contributed by atoms with E-state index < -0.39 is 0 Å². The van der Waals surface area contributed by atoms with Gasteiger partial charge < -0.3 is 10.6 Å². The van der Waals surface area contributed by atoms with Crippen LogP contribution in [0.25, 0.3) is 0 Å². The van der Waals surface area contributed by atoms with Gasteiger partial charge in [0.25, 0.3) is 0 Å². The zero-order chi connectivity index (χ0) is 12.4. The fourth-order valence-corrected chi connectivity index (χ4v) is 2.44. The van der Waals surface area contributed by atoms with Gasteiger partial charge in [-0.25, -0.2) is 4.39 Å². The number of hydrogen-bond acceptors (Lipinski definition) is 2. The van der Waals surface area contributed by atoms with Gasteiger partial charge in [-0.3, -0.25) is 4.79 Å². The fraction of sp³-hybridized carbons (Fsp3) is 0.462. The Morgan fingerprint density at radius 2 is 2.29 bits per heavy atom. The minimum Gasteiger partial charge on any atom is -0.334 e. The van der Waals surface area contributed by atoms with Crippen molar-refractivity contribution in [1.82, 2.24) is 4.90 Å². The van der Waals surface area contributed by atoms with Gasteiger partial charge >= 0.3 is 0 Å². The lowest BCUT2D eigenvalue weighted by atomic mass is 10.0. The van der Waals surface area contributed by atoms with Crippen molar-refractivity contribution in [3.8, 4) is 0 Å². The van der Waals surface area contributed by atoms with E-state index in [9.17, 15) is 9.18 Å². The van der Waals surface area contributed by atoms with Crippen LogP contribution in [-0.4, -0.2) is 23.4 Å². The first-order valence-corrected chi connectivity index (χ1v) is 5.94. The Kier molecular flexibility index (Phi) is 3.43. The molecule has 2 atom stereocenters. The molecule has 0 aliphatic carbocycles. The molecule has 2 rings (SSSR count). The largest absolute Gasteiger partial charge is 0.334 e. The normalized spacial score (nSPS) is 24.4. The van der Waals surface area contributed by atoms with Gasteiger partial charge in [-0.2, -0.15) is 0 Å². The first-order chi connectivity index (χ1) is 8.13. The van der Waals surface area contributed by atoms with Crippen molar-refractivity contribution in [3.63, 3.8) is 0 Å². The Morgan fingerprint density at radius 3 is 2.94 bits per heavy atom. The smallest absolute Gasteiger partial charge is 0.224 e. The van der Waals surface area contributed by atoms with Crippen LogP contribution < -0.4 is 5.73 Å². The van der Waals surface area contributed by atoms with Crippen LogP contribution in [0.15, 0.2) is 24.3 Å². The second-order valence-electron chi connectivity index (χ2n) is 4.45. The van der Waals surface area contributed by atoms with Crippen LogP contribution in [-0.2, 0) is 4.79 Å². The molecule has 1 aromatic rings. The molecule has 1 amide bonds. The predicted molar refractivity (Wildman–Crippen MR) is 63.7 cm³/mol. The van der Waals surface area contributed by atoms with Crippen LogP contribution >= 0.6 is 0 Å². The monoisotopic (exact) mass is 236 g/mol. The SMILES string of the molecule is CCCN1C(=O)CC(N)C1c1cccc(F)c1. The summed E-state index contributed by atoms with van der Waals surface area (Å²) in [7, 11) is 0. The number of amides is 1. The van der Waals surface area contributed by atoms with Crippen molar-refractivity contribution < 1.29 is 9.18 Å². The quantitative estimate of drug-likeness (QED) is 0.870. The number of halogens is 1. The highest BCUT2D eigenvalue weighted by atomic mass is 19.1. The lowest BCUT2D eigenvalue weighted by Gasteiger charge is -2.26. The summed E-state index contributed by atoms with van der Waals surface area (Å²) in [5, 5.41) is 0. The van der Waals surface area contributed by atoms with Gasteiger partial charge in [0.05, 0.1) is 6.04 Å². The number of rotatable bonds is 3. The average molecular weight is 236 g/mol. The third-order valence-electron chi connectivity index (χ3n) is 3.13. The summed E-state index contributed by atoms with van der Waals surface area (Å²) < 4.78 is 13.2. The molecule has 1 aliphatic heterocycles. The Bertz CT molecular complexity index is 422. The second-order valence-corrected chi connectivity index (χ2v) is 4.45. The highest BCUT2D eigenvalue weighted by molar-refractivity contribution is 5.80. The fourth-order valence-electron chi connectivity index (χ4n) is 2.44. The van der Waals surface area contributed by atoms with Gasteiger partial charge in [0, 0.05) is 19.0 Å². The molecule has 1 fully saturated rings. The molecule has 92 valence electrons. The summed E-state index contributed by atoms with van der Waals surface area (Å²) in [6, 6.07) is 5.93. The molecule has 1 aliphatic rings. The molecule has 2 unspecified atom stereocenters. The van der Waals surface area contributed by atoms with Crippen molar-refractivity contribution in [3.05, 3.63) is 35.6 Å². The summed E-state index contributed by atoms with van der Waals surface area (Å²) in [4.78, 5) is 13.6. The number of carbonyl (C=O) groups is 1. The van der Waals surface area contributed by atoms with E-state index in [4.69, 9.17) is 5.73 Å². The minimum atomic E-state index is -0.287. The maximum atomic E-state index is 13.2. The number of benzene rings is 1. The number of carbonyl (C=O) groups excluding carboxylic acids is 1. The first kappa shape index (κ1) is 12.0. The van der Waals surface area contributed by atoms with Crippen molar-refractivity contribution in [2.45, 2.75) is 31.8 Å². The van der Waals surface area contributed by atoms with Crippen molar-refractivity contribution in [1.29, 1.82) is 0 Å². The van der Waals surface area contributed by atoms with Gasteiger partial charge in [-0.15, -0.1) is 0 Å². The predicted octanol–water partition coefficient (Wildman–Crippen LogP) is 1.84. The van der Waals surface area contributed by atoms with Crippen molar-refractivity contribution in [2.24, 2.45) is 5.73 Å². The minimum absolute atomic E-state index is 0.0635. The third kappa shape index (κ3) is 2.31. The van der Waals surface area contributed by atoms with E-state index in [1.807, 2.05) is 13.0 Å². The topological polar surface area (TPSA) is 46.3 Å². The summed E-state index contributed by atoms with van der Waals surface area (Å²) in [6.45, 7) is 2.69. The standard InChI is InChI=1S/C13H17FN2O/c1-2-6-16-12(17)8-11(15)13(16)9-4-3-5-10(14)7-9/h3-5,7,11,13H,2,6,8,15H2,1H3. The molecule has 17 heavy (non-hydrogen) atoms. The van der Waals surface area contributed by atoms with Crippen LogP contribution in [0.1, 0.15) is 31.4 Å². The molecule has 0 bridgehead atoms. The third-order valence-corrected chi connectivity index (χ3v) is 3.13. The second kappa shape index (κ2) is 4.84. The molecule has 0 saturated carbocycles. The number of nitrogens with zero attached hydrogens (tertiary/aromatic N) is 1. The van der Waals surface area contributed by atoms with E-state index in [0.29, 0.717) is 13.0 Å². The van der Waals surface area contributed by atoms with Crippen LogP contribution in [0.2, 0.25) is 0 Å². The molecule has 1 saturated heterocycles. The zero-order valence-electron chi connectivity index (χ0n) is 9.90. The summed E-state index contributed by atoms with van der Waals surface area (Å²) in [5.74, 6) is -0.223. The summed E-state index contributed by atoms with van der Waals surface area (Å²) >= 11 is 0. The van der Waals surface area contributed by atoms with Crippen LogP contribution in [0.5, 0.6) is 0 Å². The number of likely N-dealkylation sites (tertiary alicyclic amines) is 1. The lowest BCUT2D eigenvalue weighted by molar-refractivity contribution is -0.129.